The zero-order valence-corrected chi connectivity index (χ0v) is 19.0. The fraction of sp³-hybridized carbons (Fsp3) is 0.318. The molecular weight excluding hydrogens is 454 g/mol. The molecule has 168 valence electrons. The number of nitrogens with zero attached hydrogens (tertiary/aromatic N) is 3. The Morgan fingerprint density at radius 3 is 2.53 bits per heavy atom. The third-order valence-electron chi connectivity index (χ3n) is 5.32. The van der Waals surface area contributed by atoms with Gasteiger partial charge in [-0.1, -0.05) is 18.0 Å². The van der Waals surface area contributed by atoms with Gasteiger partial charge in [0.15, 0.2) is 6.61 Å². The maximum Gasteiger partial charge on any atom is 0.338 e. The van der Waals surface area contributed by atoms with Crippen molar-refractivity contribution in [1.29, 1.82) is 0 Å². The quantitative estimate of drug-likeness (QED) is 0.489. The Morgan fingerprint density at radius 2 is 1.84 bits per heavy atom. The number of hydrogen-bond donors (Lipinski definition) is 0. The summed E-state index contributed by atoms with van der Waals surface area (Å²) in [4.78, 5) is 12.5. The van der Waals surface area contributed by atoms with Crippen molar-refractivity contribution in [2.45, 2.75) is 43.7 Å². The van der Waals surface area contributed by atoms with E-state index in [4.69, 9.17) is 20.8 Å². The molecule has 1 atom stereocenters. The molecule has 1 aliphatic heterocycles. The molecule has 0 amide bonds. The Bertz CT molecular complexity index is 1190. The van der Waals surface area contributed by atoms with Gasteiger partial charge in [-0.05, 0) is 68.3 Å². The minimum Gasteiger partial charge on any atom is -0.452 e. The maximum atomic E-state index is 12.9. The lowest BCUT2D eigenvalue weighted by molar-refractivity contribution is 0.0438. The number of hydrogen-bond acceptors (Lipinski definition) is 7. The van der Waals surface area contributed by atoms with E-state index in [1.165, 1.54) is 28.6 Å². The zero-order valence-electron chi connectivity index (χ0n) is 17.4. The second-order valence-corrected chi connectivity index (χ2v) is 9.90. The van der Waals surface area contributed by atoms with E-state index in [0.717, 1.165) is 19.3 Å². The van der Waals surface area contributed by atoms with Gasteiger partial charge in [0.1, 0.15) is 0 Å². The van der Waals surface area contributed by atoms with E-state index in [0.29, 0.717) is 17.1 Å². The van der Waals surface area contributed by atoms with Gasteiger partial charge in [0.25, 0.3) is 5.89 Å². The molecule has 3 aromatic rings. The Kier molecular flexibility index (Phi) is 6.59. The highest BCUT2D eigenvalue weighted by Gasteiger charge is 2.31. The maximum absolute atomic E-state index is 12.9. The summed E-state index contributed by atoms with van der Waals surface area (Å²) in [6, 6.07) is 12.6. The van der Waals surface area contributed by atoms with Crippen LogP contribution in [-0.4, -0.2) is 41.5 Å². The first-order valence-corrected chi connectivity index (χ1v) is 12.0. The summed E-state index contributed by atoms with van der Waals surface area (Å²) in [7, 11) is -3.60. The third-order valence-corrected chi connectivity index (χ3v) is 7.60. The standard InChI is InChI=1S/C22H22ClN3O5S/c1-15-4-2-3-13-26(15)32(28,29)19-11-7-17(8-12-19)22(27)30-14-20-24-25-21(31-20)16-5-9-18(23)10-6-16/h5-12,15H,2-4,13-14H2,1H3. The van der Waals surface area contributed by atoms with Crippen molar-refractivity contribution < 1.29 is 22.4 Å². The van der Waals surface area contributed by atoms with E-state index < -0.39 is 16.0 Å². The van der Waals surface area contributed by atoms with Crippen molar-refractivity contribution in [3.8, 4) is 11.5 Å². The summed E-state index contributed by atoms with van der Waals surface area (Å²) in [6.07, 6.45) is 2.72. The molecule has 0 aliphatic carbocycles. The van der Waals surface area contributed by atoms with Crippen LogP contribution in [0.5, 0.6) is 0 Å². The lowest BCUT2D eigenvalue weighted by Crippen LogP contribution is -2.41. The van der Waals surface area contributed by atoms with E-state index in [-0.39, 0.29) is 34.9 Å². The molecule has 0 N–H and O–H groups in total. The van der Waals surface area contributed by atoms with E-state index in [1.807, 2.05) is 6.92 Å². The molecule has 1 aromatic heterocycles. The molecule has 4 rings (SSSR count). The Morgan fingerprint density at radius 1 is 1.12 bits per heavy atom. The van der Waals surface area contributed by atoms with Gasteiger partial charge in [-0.15, -0.1) is 10.2 Å². The number of halogens is 1. The van der Waals surface area contributed by atoms with Crippen LogP contribution in [0.25, 0.3) is 11.5 Å². The molecule has 0 saturated carbocycles. The van der Waals surface area contributed by atoms with Gasteiger partial charge in [0.05, 0.1) is 10.5 Å². The summed E-state index contributed by atoms with van der Waals surface area (Å²) < 4.78 is 38.1. The molecule has 2 aromatic carbocycles. The van der Waals surface area contributed by atoms with Gasteiger partial charge >= 0.3 is 5.97 Å². The average molecular weight is 476 g/mol. The molecule has 1 saturated heterocycles. The molecule has 8 nitrogen and oxygen atoms in total. The van der Waals surface area contributed by atoms with Crippen LogP contribution in [0.2, 0.25) is 5.02 Å². The van der Waals surface area contributed by atoms with E-state index >= 15 is 0 Å². The number of aromatic nitrogens is 2. The lowest BCUT2D eigenvalue weighted by Gasteiger charge is -2.32. The van der Waals surface area contributed by atoms with Crippen molar-refractivity contribution in [3.05, 3.63) is 65.0 Å². The van der Waals surface area contributed by atoms with Crippen molar-refractivity contribution >= 4 is 27.6 Å². The van der Waals surface area contributed by atoms with E-state index in [2.05, 4.69) is 10.2 Å². The number of sulfonamides is 1. The van der Waals surface area contributed by atoms with Crippen molar-refractivity contribution in [2.75, 3.05) is 6.54 Å². The zero-order chi connectivity index (χ0) is 22.7. The van der Waals surface area contributed by atoms with Crippen molar-refractivity contribution in [2.24, 2.45) is 0 Å². The van der Waals surface area contributed by atoms with Gasteiger partial charge < -0.3 is 9.15 Å². The molecule has 1 aliphatic rings. The van der Waals surface area contributed by atoms with Crippen LogP contribution < -0.4 is 0 Å². The normalized spacial score (nSPS) is 17.2. The third kappa shape index (κ3) is 4.85. The Labute approximate surface area is 191 Å². The fourth-order valence-corrected chi connectivity index (χ4v) is 5.38. The van der Waals surface area contributed by atoms with Crippen LogP contribution in [0.4, 0.5) is 0 Å². The number of rotatable bonds is 6. The monoisotopic (exact) mass is 475 g/mol. The summed E-state index contributed by atoms with van der Waals surface area (Å²) in [5, 5.41) is 8.40. The largest absolute Gasteiger partial charge is 0.452 e. The molecule has 2 heterocycles. The summed E-state index contributed by atoms with van der Waals surface area (Å²) in [5.74, 6) is -0.192. The van der Waals surface area contributed by atoms with E-state index in [1.54, 1.807) is 24.3 Å². The summed E-state index contributed by atoms with van der Waals surface area (Å²) in [5.41, 5.74) is 0.924. The van der Waals surface area contributed by atoms with Crippen LogP contribution in [-0.2, 0) is 21.4 Å². The molecule has 0 bridgehead atoms. The Hall–Kier alpha value is -2.75. The molecule has 1 fully saturated rings. The number of carbonyl (C=O) groups excluding carboxylic acids is 1. The fourth-order valence-electron chi connectivity index (χ4n) is 3.56. The lowest BCUT2D eigenvalue weighted by atomic mass is 10.1. The van der Waals surface area contributed by atoms with Crippen LogP contribution >= 0.6 is 11.6 Å². The minimum absolute atomic E-state index is 0.0365. The first-order chi connectivity index (χ1) is 15.3. The number of benzene rings is 2. The highest BCUT2D eigenvalue weighted by molar-refractivity contribution is 7.89. The number of piperidine rings is 1. The van der Waals surface area contributed by atoms with Gasteiger partial charge in [-0.25, -0.2) is 13.2 Å². The highest BCUT2D eigenvalue weighted by atomic mass is 35.5. The van der Waals surface area contributed by atoms with Crippen LogP contribution in [0.15, 0.2) is 57.8 Å². The summed E-state index contributed by atoms with van der Waals surface area (Å²) in [6.45, 7) is 2.22. The van der Waals surface area contributed by atoms with Gasteiger partial charge in [0.2, 0.25) is 15.9 Å². The number of esters is 1. The van der Waals surface area contributed by atoms with Gasteiger partial charge in [-0.3, -0.25) is 0 Å². The van der Waals surface area contributed by atoms with E-state index in [9.17, 15) is 13.2 Å². The van der Waals surface area contributed by atoms with Crippen LogP contribution in [0.3, 0.4) is 0 Å². The SMILES string of the molecule is CC1CCCCN1S(=O)(=O)c1ccc(C(=O)OCc2nnc(-c3ccc(Cl)cc3)o2)cc1. The number of carbonyl (C=O) groups is 1. The predicted molar refractivity (Wildman–Crippen MR) is 118 cm³/mol. The van der Waals surface area contributed by atoms with Crippen molar-refractivity contribution in [3.63, 3.8) is 0 Å². The topological polar surface area (TPSA) is 103 Å². The number of ether oxygens (including phenoxy) is 1. The highest BCUT2D eigenvalue weighted by Crippen LogP contribution is 2.25. The second-order valence-electron chi connectivity index (χ2n) is 7.57. The molecule has 1 unspecified atom stereocenters. The second kappa shape index (κ2) is 9.40. The first kappa shape index (κ1) is 22.4. The molecule has 32 heavy (non-hydrogen) atoms. The molecule has 10 heteroatoms. The molecule has 0 radical (unpaired) electrons. The average Bonchev–Trinajstić information content (AvgIpc) is 3.27. The smallest absolute Gasteiger partial charge is 0.338 e. The summed E-state index contributed by atoms with van der Waals surface area (Å²) >= 11 is 5.87. The van der Waals surface area contributed by atoms with Crippen LogP contribution in [0.1, 0.15) is 42.4 Å². The van der Waals surface area contributed by atoms with Crippen LogP contribution in [0, 0.1) is 0 Å². The molecular formula is C22H22ClN3O5S. The van der Waals surface area contributed by atoms with Gasteiger partial charge in [-0.2, -0.15) is 4.31 Å². The Balaban J connectivity index is 1.39. The van der Waals surface area contributed by atoms with Gasteiger partial charge in [0, 0.05) is 23.2 Å². The predicted octanol–water partition coefficient (Wildman–Crippen LogP) is 4.31. The molecule has 0 spiro atoms. The minimum atomic E-state index is -3.60. The van der Waals surface area contributed by atoms with Crippen molar-refractivity contribution in [1.82, 2.24) is 14.5 Å². The first-order valence-electron chi connectivity index (χ1n) is 10.2.